The normalized spacial score (nSPS) is 21.5. The maximum absolute atomic E-state index is 12.5. The van der Waals surface area contributed by atoms with E-state index in [9.17, 15) is 14.7 Å². The van der Waals surface area contributed by atoms with Crippen molar-refractivity contribution in [1.82, 2.24) is 4.90 Å². The van der Waals surface area contributed by atoms with Gasteiger partial charge in [-0.25, -0.2) is 0 Å². The minimum atomic E-state index is -0.862. The molecule has 4 nitrogen and oxygen atoms in total. The van der Waals surface area contributed by atoms with Crippen LogP contribution in [0.15, 0.2) is 42.5 Å². The molecule has 126 valence electrons. The van der Waals surface area contributed by atoms with Crippen molar-refractivity contribution in [2.45, 2.75) is 25.1 Å². The molecule has 24 heavy (non-hydrogen) atoms. The topological polar surface area (TPSA) is 57.6 Å². The lowest BCUT2D eigenvalue weighted by Crippen LogP contribution is -2.49. The summed E-state index contributed by atoms with van der Waals surface area (Å²) >= 11 is 1.23. The quantitative estimate of drug-likeness (QED) is 0.922. The van der Waals surface area contributed by atoms with Gasteiger partial charge in [-0.1, -0.05) is 56.3 Å². The fraction of sp³-hybridized carbons (Fsp3) is 0.368. The zero-order chi connectivity index (χ0) is 17.3. The third-order valence-corrected chi connectivity index (χ3v) is 5.51. The second-order valence-corrected chi connectivity index (χ2v) is 7.65. The van der Waals surface area contributed by atoms with E-state index in [1.807, 2.05) is 56.3 Å². The summed E-state index contributed by atoms with van der Waals surface area (Å²) in [6.07, 6.45) is 0. The van der Waals surface area contributed by atoms with Gasteiger partial charge in [-0.3, -0.25) is 9.59 Å². The van der Waals surface area contributed by atoms with E-state index in [0.29, 0.717) is 6.54 Å². The Morgan fingerprint density at radius 2 is 1.96 bits per heavy atom. The summed E-state index contributed by atoms with van der Waals surface area (Å²) < 4.78 is 0. The van der Waals surface area contributed by atoms with E-state index in [1.165, 1.54) is 11.8 Å². The molecule has 1 aliphatic rings. The third kappa shape index (κ3) is 3.13. The van der Waals surface area contributed by atoms with E-state index in [-0.39, 0.29) is 17.6 Å². The van der Waals surface area contributed by atoms with Gasteiger partial charge in [-0.05, 0) is 22.3 Å². The molecule has 2 unspecified atom stereocenters. The summed E-state index contributed by atoms with van der Waals surface area (Å²) in [4.78, 5) is 26.1. The molecule has 3 rings (SSSR count). The van der Waals surface area contributed by atoms with Crippen LogP contribution in [0.5, 0.6) is 0 Å². The highest BCUT2D eigenvalue weighted by Gasteiger charge is 2.42. The molecule has 1 aliphatic heterocycles. The second-order valence-electron chi connectivity index (χ2n) is 6.52. The molecule has 2 aromatic carbocycles. The number of aliphatic carboxylic acids is 1. The van der Waals surface area contributed by atoms with Crippen LogP contribution in [0.2, 0.25) is 0 Å². The smallest absolute Gasteiger partial charge is 0.319 e. The number of nitrogens with zero attached hydrogens (tertiary/aromatic N) is 1. The molecular formula is C19H21NO3S. The van der Waals surface area contributed by atoms with Gasteiger partial charge in [-0.15, -0.1) is 11.8 Å². The molecule has 1 saturated heterocycles. The first kappa shape index (κ1) is 16.8. The lowest BCUT2D eigenvalue weighted by molar-refractivity contribution is -0.140. The molecule has 0 radical (unpaired) electrons. The van der Waals surface area contributed by atoms with Gasteiger partial charge < -0.3 is 10.0 Å². The fourth-order valence-corrected chi connectivity index (χ4v) is 4.41. The first-order valence-electron chi connectivity index (χ1n) is 8.10. The summed E-state index contributed by atoms with van der Waals surface area (Å²) in [7, 11) is 0. The van der Waals surface area contributed by atoms with Gasteiger partial charge in [0.1, 0.15) is 5.25 Å². The summed E-state index contributed by atoms with van der Waals surface area (Å²) in [5.74, 6) is -0.336. The van der Waals surface area contributed by atoms with Crippen molar-refractivity contribution in [2.75, 3.05) is 12.3 Å². The molecule has 0 aromatic heterocycles. The lowest BCUT2D eigenvalue weighted by Gasteiger charge is -2.40. The van der Waals surface area contributed by atoms with Crippen LogP contribution in [0, 0.1) is 5.92 Å². The number of carbonyl (C=O) groups is 2. The summed E-state index contributed by atoms with van der Waals surface area (Å²) in [5, 5.41) is 11.2. The van der Waals surface area contributed by atoms with Gasteiger partial charge in [0.05, 0.1) is 11.8 Å². The number of carbonyl (C=O) groups excluding carboxylic acids is 1. The number of benzene rings is 2. The van der Waals surface area contributed by atoms with Gasteiger partial charge in [-0.2, -0.15) is 0 Å². The van der Waals surface area contributed by atoms with Gasteiger partial charge in [0.2, 0.25) is 5.91 Å². The zero-order valence-corrected chi connectivity index (χ0v) is 14.6. The van der Waals surface area contributed by atoms with Crippen LogP contribution in [0.3, 0.4) is 0 Å². The third-order valence-electron chi connectivity index (χ3n) is 4.28. The van der Waals surface area contributed by atoms with Crippen LogP contribution in [0.25, 0.3) is 10.8 Å². The Hall–Kier alpha value is -2.01. The van der Waals surface area contributed by atoms with Crippen LogP contribution in [-0.4, -0.2) is 39.4 Å². The van der Waals surface area contributed by atoms with Crippen LogP contribution >= 0.6 is 11.8 Å². The largest absolute Gasteiger partial charge is 0.480 e. The minimum absolute atomic E-state index is 0.0177. The van der Waals surface area contributed by atoms with Crippen molar-refractivity contribution < 1.29 is 14.7 Å². The van der Waals surface area contributed by atoms with Crippen molar-refractivity contribution >= 4 is 34.4 Å². The Morgan fingerprint density at radius 3 is 2.67 bits per heavy atom. The van der Waals surface area contributed by atoms with Crippen LogP contribution in [0.4, 0.5) is 0 Å². The average molecular weight is 343 g/mol. The number of amides is 1. The SMILES string of the molecule is CC(C)CN1C(=O)CSC(C(=O)O)C1c1cccc2ccccc12. The Morgan fingerprint density at radius 1 is 1.25 bits per heavy atom. The molecule has 0 saturated carbocycles. The highest BCUT2D eigenvalue weighted by molar-refractivity contribution is 8.01. The highest BCUT2D eigenvalue weighted by atomic mass is 32.2. The van der Waals surface area contributed by atoms with Crippen molar-refractivity contribution in [1.29, 1.82) is 0 Å². The van der Waals surface area contributed by atoms with Crippen molar-refractivity contribution in [2.24, 2.45) is 5.92 Å². The van der Waals surface area contributed by atoms with E-state index in [4.69, 9.17) is 0 Å². The number of rotatable bonds is 4. The van der Waals surface area contributed by atoms with E-state index in [0.717, 1.165) is 16.3 Å². The lowest BCUT2D eigenvalue weighted by atomic mass is 9.94. The maximum Gasteiger partial charge on any atom is 0.319 e. The molecule has 0 spiro atoms. The fourth-order valence-electron chi connectivity index (χ4n) is 3.31. The maximum atomic E-state index is 12.5. The zero-order valence-electron chi connectivity index (χ0n) is 13.8. The Bertz CT molecular complexity index is 769. The number of carboxylic acid groups (broad SMARTS) is 1. The summed E-state index contributed by atoms with van der Waals surface area (Å²) in [6, 6.07) is 13.4. The summed E-state index contributed by atoms with van der Waals surface area (Å²) in [5.41, 5.74) is 0.918. The first-order chi connectivity index (χ1) is 11.5. The van der Waals surface area contributed by atoms with Gasteiger partial charge >= 0.3 is 5.97 Å². The Labute approximate surface area is 145 Å². The molecule has 1 heterocycles. The van der Waals surface area contributed by atoms with Crippen molar-refractivity contribution in [3.63, 3.8) is 0 Å². The molecule has 2 aromatic rings. The minimum Gasteiger partial charge on any atom is -0.480 e. The van der Waals surface area contributed by atoms with Crippen LogP contribution in [-0.2, 0) is 9.59 Å². The van der Waals surface area contributed by atoms with E-state index in [1.54, 1.807) is 4.90 Å². The van der Waals surface area contributed by atoms with E-state index < -0.39 is 17.3 Å². The molecule has 5 heteroatoms. The summed E-state index contributed by atoms with van der Waals surface area (Å²) in [6.45, 7) is 4.66. The molecule has 1 amide bonds. The first-order valence-corrected chi connectivity index (χ1v) is 9.15. The van der Waals surface area contributed by atoms with E-state index in [2.05, 4.69) is 0 Å². The van der Waals surface area contributed by atoms with E-state index >= 15 is 0 Å². The van der Waals surface area contributed by atoms with Gasteiger partial charge in [0.15, 0.2) is 0 Å². The number of hydrogen-bond acceptors (Lipinski definition) is 3. The number of thioether (sulfide) groups is 1. The standard InChI is InChI=1S/C19H21NO3S/c1-12(2)10-20-16(21)11-24-18(19(22)23)17(20)15-9-5-7-13-6-3-4-8-14(13)15/h3-9,12,17-18H,10-11H2,1-2H3,(H,22,23). The number of fused-ring (bicyclic) bond motifs is 1. The van der Waals surface area contributed by atoms with Crippen molar-refractivity contribution in [3.05, 3.63) is 48.0 Å². The molecule has 1 N–H and O–H groups in total. The molecule has 2 atom stereocenters. The second kappa shape index (κ2) is 6.85. The Kier molecular flexibility index (Phi) is 4.81. The number of hydrogen-bond donors (Lipinski definition) is 1. The van der Waals surface area contributed by atoms with Gasteiger partial charge in [0, 0.05) is 6.54 Å². The molecule has 0 aliphatic carbocycles. The van der Waals surface area contributed by atoms with Crippen molar-refractivity contribution in [3.8, 4) is 0 Å². The van der Waals surface area contributed by atoms with Gasteiger partial charge in [0.25, 0.3) is 0 Å². The average Bonchev–Trinajstić information content (AvgIpc) is 2.55. The number of carboxylic acids is 1. The Balaban J connectivity index is 2.15. The molecule has 0 bridgehead atoms. The molecule has 1 fully saturated rings. The predicted octanol–water partition coefficient (Wildman–Crippen LogP) is 3.57. The molecular weight excluding hydrogens is 322 g/mol. The monoisotopic (exact) mass is 343 g/mol. The highest BCUT2D eigenvalue weighted by Crippen LogP contribution is 2.40. The van der Waals surface area contributed by atoms with Crippen LogP contribution in [0.1, 0.15) is 25.5 Å². The predicted molar refractivity (Wildman–Crippen MR) is 97.1 cm³/mol. The van der Waals surface area contributed by atoms with Crippen LogP contribution < -0.4 is 0 Å².